The minimum Gasteiger partial charge on any atom is -0.334 e. The number of halogens is 3. The van der Waals surface area contributed by atoms with Crippen LogP contribution in [-0.2, 0) is 11.3 Å². The molecule has 0 saturated carbocycles. The number of likely N-dealkylation sites (N-methyl/N-ethyl adjacent to an activating group) is 1. The number of nitrogens with zero attached hydrogens (tertiary/aromatic N) is 2. The summed E-state index contributed by atoms with van der Waals surface area (Å²) in [4.78, 5) is 31.6. The van der Waals surface area contributed by atoms with Crippen molar-refractivity contribution in [2.75, 3.05) is 11.9 Å². The van der Waals surface area contributed by atoms with Gasteiger partial charge in [0, 0.05) is 40.3 Å². The van der Waals surface area contributed by atoms with Crippen LogP contribution in [0.1, 0.15) is 16.7 Å². The fourth-order valence-corrected chi connectivity index (χ4v) is 4.06. The molecule has 6 nitrogen and oxygen atoms in total. The number of carbonyl (C=O) groups is 2. The summed E-state index contributed by atoms with van der Waals surface area (Å²) in [7, 11) is 1.58. The van der Waals surface area contributed by atoms with Crippen LogP contribution in [-0.4, -0.2) is 30.9 Å². The van der Waals surface area contributed by atoms with E-state index in [2.05, 4.69) is 15.6 Å². The molecule has 0 radical (unpaired) electrons. The molecule has 0 aliphatic carbocycles. The average Bonchev–Trinajstić information content (AvgIpc) is 2.90. The van der Waals surface area contributed by atoms with Crippen LogP contribution in [0.5, 0.6) is 0 Å². The molecular weight excluding hydrogens is 466 g/mol. The number of rotatable bonds is 4. The molecule has 1 unspecified atom stereocenters. The van der Waals surface area contributed by atoms with Gasteiger partial charge in [-0.25, -0.2) is 14.2 Å². The Morgan fingerprint density at radius 1 is 1.00 bits per heavy atom. The number of anilines is 1. The van der Waals surface area contributed by atoms with E-state index in [1.54, 1.807) is 67.7 Å². The molecule has 0 spiro atoms. The van der Waals surface area contributed by atoms with E-state index >= 15 is 0 Å². The number of benzene rings is 3. The summed E-state index contributed by atoms with van der Waals surface area (Å²) in [5.74, 6) is -0.959. The van der Waals surface area contributed by atoms with E-state index < -0.39 is 23.9 Å². The standard InChI is InChI=1S/C24H19Cl2FN4O2/c1-31-20-12-5-3-8-15(20)21(14-7-2-4-11-19(14)27)29-22(23(31)32)30-24(33)28-13-16-17(25)9-6-10-18(16)26/h2-12,22H,13H2,1H3,(H2,28,30,33). The first-order valence-electron chi connectivity index (χ1n) is 10.0. The van der Waals surface area contributed by atoms with Crippen LogP contribution < -0.4 is 15.5 Å². The number of amides is 3. The Balaban J connectivity index is 1.65. The van der Waals surface area contributed by atoms with Crippen molar-refractivity contribution in [3.63, 3.8) is 0 Å². The Hall–Kier alpha value is -3.42. The Kier molecular flexibility index (Phi) is 6.62. The summed E-state index contributed by atoms with van der Waals surface area (Å²) in [6, 6.07) is 17.6. The number of hydrogen-bond acceptors (Lipinski definition) is 3. The van der Waals surface area contributed by atoms with Crippen molar-refractivity contribution < 1.29 is 14.0 Å². The highest BCUT2D eigenvalue weighted by Crippen LogP contribution is 2.28. The molecule has 1 aliphatic rings. The number of nitrogens with one attached hydrogen (secondary N) is 2. The predicted molar refractivity (Wildman–Crippen MR) is 128 cm³/mol. The van der Waals surface area contributed by atoms with E-state index in [0.717, 1.165) is 0 Å². The van der Waals surface area contributed by atoms with Crippen molar-refractivity contribution in [1.82, 2.24) is 10.6 Å². The number of para-hydroxylation sites is 1. The minimum atomic E-state index is -1.28. The Morgan fingerprint density at radius 2 is 1.64 bits per heavy atom. The maximum absolute atomic E-state index is 14.7. The molecule has 3 aromatic rings. The second-order valence-electron chi connectivity index (χ2n) is 7.30. The van der Waals surface area contributed by atoms with Gasteiger partial charge < -0.3 is 15.5 Å². The number of hydrogen-bond donors (Lipinski definition) is 2. The lowest BCUT2D eigenvalue weighted by atomic mass is 10.00. The summed E-state index contributed by atoms with van der Waals surface area (Å²) < 4.78 is 14.7. The van der Waals surface area contributed by atoms with Crippen LogP contribution in [0.2, 0.25) is 10.0 Å². The number of benzodiazepines with no additional fused rings is 1. The Labute approximate surface area is 200 Å². The lowest BCUT2D eigenvalue weighted by Gasteiger charge is -2.21. The molecule has 1 aliphatic heterocycles. The molecular formula is C24H19Cl2FN4O2. The van der Waals surface area contributed by atoms with Gasteiger partial charge in [-0.05, 0) is 30.3 Å². The highest BCUT2D eigenvalue weighted by atomic mass is 35.5. The van der Waals surface area contributed by atoms with Crippen LogP contribution in [0.4, 0.5) is 14.9 Å². The maximum Gasteiger partial charge on any atom is 0.317 e. The van der Waals surface area contributed by atoms with Gasteiger partial charge in [0.25, 0.3) is 5.91 Å². The third-order valence-electron chi connectivity index (χ3n) is 5.23. The molecule has 1 heterocycles. The lowest BCUT2D eigenvalue weighted by Crippen LogP contribution is -2.49. The van der Waals surface area contributed by atoms with Crippen molar-refractivity contribution in [3.05, 3.63) is 99.3 Å². The highest BCUT2D eigenvalue weighted by molar-refractivity contribution is 6.36. The zero-order valence-corrected chi connectivity index (χ0v) is 19.0. The van der Waals surface area contributed by atoms with Crippen LogP contribution in [0.3, 0.4) is 0 Å². The van der Waals surface area contributed by atoms with E-state index in [0.29, 0.717) is 26.9 Å². The first-order chi connectivity index (χ1) is 15.9. The molecule has 1 atom stereocenters. The molecule has 0 saturated heterocycles. The average molecular weight is 485 g/mol. The first-order valence-corrected chi connectivity index (χ1v) is 10.8. The largest absolute Gasteiger partial charge is 0.334 e. The van der Waals surface area contributed by atoms with Gasteiger partial charge in [-0.3, -0.25) is 4.79 Å². The van der Waals surface area contributed by atoms with Gasteiger partial charge in [0.15, 0.2) is 0 Å². The third-order valence-corrected chi connectivity index (χ3v) is 5.94. The van der Waals surface area contributed by atoms with E-state index in [1.165, 1.54) is 11.0 Å². The second-order valence-corrected chi connectivity index (χ2v) is 8.12. The fraction of sp³-hybridized carbons (Fsp3) is 0.125. The molecule has 168 valence electrons. The van der Waals surface area contributed by atoms with Gasteiger partial charge in [0.1, 0.15) is 5.82 Å². The van der Waals surface area contributed by atoms with Crippen molar-refractivity contribution >= 4 is 46.5 Å². The number of aliphatic imine (C=N–C) groups is 1. The minimum absolute atomic E-state index is 0.0468. The highest BCUT2D eigenvalue weighted by Gasteiger charge is 2.31. The van der Waals surface area contributed by atoms with Crippen molar-refractivity contribution in [3.8, 4) is 0 Å². The number of carbonyl (C=O) groups excluding carboxylic acids is 2. The van der Waals surface area contributed by atoms with Gasteiger partial charge in [-0.2, -0.15) is 0 Å². The quantitative estimate of drug-likeness (QED) is 0.559. The second kappa shape index (κ2) is 9.60. The monoisotopic (exact) mass is 484 g/mol. The van der Waals surface area contributed by atoms with E-state index in [9.17, 15) is 14.0 Å². The third kappa shape index (κ3) is 4.69. The zero-order chi connectivity index (χ0) is 23.5. The summed E-state index contributed by atoms with van der Waals surface area (Å²) in [6.45, 7) is 0.0468. The van der Waals surface area contributed by atoms with Gasteiger partial charge in [0.2, 0.25) is 6.17 Å². The van der Waals surface area contributed by atoms with E-state index in [-0.39, 0.29) is 17.8 Å². The molecule has 3 amide bonds. The van der Waals surface area contributed by atoms with Gasteiger partial charge in [-0.1, -0.05) is 59.6 Å². The van der Waals surface area contributed by atoms with Gasteiger partial charge in [0.05, 0.1) is 11.4 Å². The SMILES string of the molecule is CN1C(=O)C(NC(=O)NCc2c(Cl)cccc2Cl)N=C(c2ccccc2F)c2ccccc21. The van der Waals surface area contributed by atoms with Crippen molar-refractivity contribution in [2.24, 2.45) is 4.99 Å². The maximum atomic E-state index is 14.7. The van der Waals surface area contributed by atoms with E-state index in [4.69, 9.17) is 23.2 Å². The zero-order valence-electron chi connectivity index (χ0n) is 17.5. The van der Waals surface area contributed by atoms with Crippen molar-refractivity contribution in [2.45, 2.75) is 12.7 Å². The summed E-state index contributed by atoms with van der Waals surface area (Å²) >= 11 is 12.3. The van der Waals surface area contributed by atoms with Crippen LogP contribution >= 0.6 is 23.2 Å². The van der Waals surface area contributed by atoms with Crippen molar-refractivity contribution in [1.29, 1.82) is 0 Å². The van der Waals surface area contributed by atoms with Crippen LogP contribution in [0.25, 0.3) is 0 Å². The molecule has 9 heteroatoms. The molecule has 0 bridgehead atoms. The molecule has 0 aromatic heterocycles. The Bertz CT molecular complexity index is 1240. The molecule has 4 rings (SSSR count). The van der Waals surface area contributed by atoms with Gasteiger partial charge in [-0.15, -0.1) is 0 Å². The Morgan fingerprint density at radius 3 is 2.33 bits per heavy atom. The summed E-state index contributed by atoms with van der Waals surface area (Å²) in [5.41, 5.74) is 2.16. The molecule has 33 heavy (non-hydrogen) atoms. The van der Waals surface area contributed by atoms with E-state index in [1.807, 2.05) is 0 Å². The summed E-state index contributed by atoms with van der Waals surface area (Å²) in [6.07, 6.45) is -1.28. The smallest absolute Gasteiger partial charge is 0.317 e. The molecule has 0 fully saturated rings. The van der Waals surface area contributed by atoms with Crippen LogP contribution in [0.15, 0.2) is 71.7 Å². The van der Waals surface area contributed by atoms with Gasteiger partial charge >= 0.3 is 6.03 Å². The fourth-order valence-electron chi connectivity index (χ4n) is 3.53. The summed E-state index contributed by atoms with van der Waals surface area (Å²) in [5, 5.41) is 6.01. The first kappa shape index (κ1) is 22.8. The van der Waals surface area contributed by atoms with Crippen LogP contribution in [0, 0.1) is 5.82 Å². The predicted octanol–water partition coefficient (Wildman–Crippen LogP) is 4.77. The molecule has 3 aromatic carbocycles. The lowest BCUT2D eigenvalue weighted by molar-refractivity contribution is -0.119. The number of urea groups is 1. The number of fused-ring (bicyclic) bond motifs is 1. The topological polar surface area (TPSA) is 73.8 Å². The normalized spacial score (nSPS) is 15.4. The molecule has 2 N–H and O–H groups in total.